The van der Waals surface area contributed by atoms with E-state index in [0.29, 0.717) is 6.61 Å². The maximum Gasteiger partial charge on any atom is 0.319 e. The van der Waals surface area contributed by atoms with Crippen LogP contribution in [0.25, 0.3) is 0 Å². The van der Waals surface area contributed by atoms with E-state index in [1.807, 2.05) is 13.0 Å². The lowest BCUT2D eigenvalue weighted by molar-refractivity contribution is -0.142. The van der Waals surface area contributed by atoms with Crippen molar-refractivity contribution in [2.45, 2.75) is 19.4 Å². The molecule has 2 aromatic heterocycles. The molecule has 0 fully saturated rings. The number of esters is 1. The first-order valence-corrected chi connectivity index (χ1v) is 8.00. The van der Waals surface area contributed by atoms with Crippen molar-refractivity contribution < 1.29 is 9.53 Å². The third-order valence-corrected chi connectivity index (χ3v) is 4.55. The highest BCUT2D eigenvalue weighted by molar-refractivity contribution is 7.10. The molecule has 2 heterocycles. The van der Waals surface area contributed by atoms with E-state index in [4.69, 9.17) is 4.74 Å². The van der Waals surface area contributed by atoms with E-state index < -0.39 is 0 Å². The molecule has 5 heteroatoms. The molecule has 2 rings (SSSR count). The molecule has 0 spiro atoms. The van der Waals surface area contributed by atoms with Crippen molar-refractivity contribution in [3.05, 3.63) is 44.8 Å². The quantitative estimate of drug-likeness (QED) is 0.797. The number of ether oxygens (including phenoxy) is 1. The SMILES string of the molecule is CCOC(=O)CNC(Cc1cccs1)c1cccs1. The van der Waals surface area contributed by atoms with Crippen molar-refractivity contribution in [3.8, 4) is 0 Å². The van der Waals surface area contributed by atoms with Crippen LogP contribution in [0.4, 0.5) is 0 Å². The maximum atomic E-state index is 11.4. The van der Waals surface area contributed by atoms with Gasteiger partial charge in [-0.25, -0.2) is 0 Å². The van der Waals surface area contributed by atoms with Crippen LogP contribution in [0.1, 0.15) is 22.7 Å². The lowest BCUT2D eigenvalue weighted by atomic mass is 10.1. The summed E-state index contributed by atoms with van der Waals surface area (Å²) in [4.78, 5) is 14.0. The minimum Gasteiger partial charge on any atom is -0.465 e. The Morgan fingerprint density at radius 2 is 2.11 bits per heavy atom. The summed E-state index contributed by atoms with van der Waals surface area (Å²) in [6.07, 6.45) is 0.900. The molecule has 0 aliphatic heterocycles. The van der Waals surface area contributed by atoms with Gasteiger partial charge in [-0.3, -0.25) is 10.1 Å². The smallest absolute Gasteiger partial charge is 0.319 e. The highest BCUT2D eigenvalue weighted by Crippen LogP contribution is 2.24. The van der Waals surface area contributed by atoms with E-state index in [-0.39, 0.29) is 18.6 Å². The first kappa shape index (κ1) is 14.2. The fourth-order valence-electron chi connectivity index (χ4n) is 1.81. The van der Waals surface area contributed by atoms with Crippen LogP contribution in [0.5, 0.6) is 0 Å². The second-order valence-corrected chi connectivity index (χ2v) is 6.05. The Morgan fingerprint density at radius 3 is 2.74 bits per heavy atom. The Bertz CT molecular complexity index is 480. The molecule has 0 saturated heterocycles. The summed E-state index contributed by atoms with van der Waals surface area (Å²) in [5.41, 5.74) is 0. The monoisotopic (exact) mass is 295 g/mol. The molecule has 0 aliphatic rings. The number of rotatable bonds is 7. The Kier molecular flexibility index (Phi) is 5.57. The number of carbonyl (C=O) groups excluding carboxylic acids is 1. The van der Waals surface area contributed by atoms with Crippen LogP contribution in [0, 0.1) is 0 Å². The Morgan fingerprint density at radius 1 is 1.32 bits per heavy atom. The van der Waals surface area contributed by atoms with Crippen LogP contribution in [0.3, 0.4) is 0 Å². The summed E-state index contributed by atoms with van der Waals surface area (Å²) < 4.78 is 4.95. The predicted molar refractivity (Wildman–Crippen MR) is 79.7 cm³/mol. The van der Waals surface area contributed by atoms with Crippen LogP contribution in [0.15, 0.2) is 35.0 Å². The van der Waals surface area contributed by atoms with Crippen LogP contribution in [-0.4, -0.2) is 19.1 Å². The van der Waals surface area contributed by atoms with Gasteiger partial charge in [-0.15, -0.1) is 22.7 Å². The molecule has 1 unspecified atom stereocenters. The molecule has 102 valence electrons. The predicted octanol–water partition coefficient (Wildman–Crippen LogP) is 3.25. The Labute approximate surface area is 121 Å². The largest absolute Gasteiger partial charge is 0.465 e. The van der Waals surface area contributed by atoms with Crippen molar-refractivity contribution in [2.75, 3.05) is 13.2 Å². The molecule has 0 amide bonds. The van der Waals surface area contributed by atoms with E-state index in [1.165, 1.54) is 9.75 Å². The van der Waals surface area contributed by atoms with E-state index in [9.17, 15) is 4.79 Å². The van der Waals surface area contributed by atoms with Gasteiger partial charge < -0.3 is 4.74 Å². The summed E-state index contributed by atoms with van der Waals surface area (Å²) in [5.74, 6) is -0.199. The van der Waals surface area contributed by atoms with Gasteiger partial charge in [0.1, 0.15) is 0 Å². The zero-order valence-electron chi connectivity index (χ0n) is 10.8. The van der Waals surface area contributed by atoms with Crippen LogP contribution in [-0.2, 0) is 16.0 Å². The minimum absolute atomic E-state index is 0.169. The molecule has 2 aromatic rings. The normalized spacial score (nSPS) is 12.3. The van der Waals surface area contributed by atoms with Gasteiger partial charge in [0, 0.05) is 22.2 Å². The number of hydrogen-bond acceptors (Lipinski definition) is 5. The van der Waals surface area contributed by atoms with E-state index in [2.05, 4.69) is 34.3 Å². The van der Waals surface area contributed by atoms with Gasteiger partial charge in [-0.05, 0) is 29.8 Å². The molecule has 1 atom stereocenters. The average molecular weight is 295 g/mol. The standard InChI is InChI=1S/C14H17NO2S2/c1-2-17-14(16)10-15-12(13-6-4-8-19-13)9-11-5-3-7-18-11/h3-8,12,15H,2,9-10H2,1H3. The van der Waals surface area contributed by atoms with Crippen LogP contribution in [0.2, 0.25) is 0 Å². The molecule has 0 saturated carbocycles. The Balaban J connectivity index is 1.97. The number of hydrogen-bond donors (Lipinski definition) is 1. The number of carbonyl (C=O) groups is 1. The lowest BCUT2D eigenvalue weighted by Gasteiger charge is -2.16. The Hall–Kier alpha value is -1.17. The van der Waals surface area contributed by atoms with Gasteiger partial charge in [0.05, 0.1) is 13.2 Å². The average Bonchev–Trinajstić information content (AvgIpc) is 3.07. The molecular weight excluding hydrogens is 278 g/mol. The molecule has 19 heavy (non-hydrogen) atoms. The number of thiophene rings is 2. The maximum absolute atomic E-state index is 11.4. The van der Waals surface area contributed by atoms with Crippen molar-refractivity contribution >= 4 is 28.6 Å². The first-order chi connectivity index (χ1) is 9.29. The molecule has 3 nitrogen and oxygen atoms in total. The molecule has 0 aliphatic carbocycles. The highest BCUT2D eigenvalue weighted by Gasteiger charge is 2.15. The van der Waals surface area contributed by atoms with Crippen molar-refractivity contribution in [2.24, 2.45) is 0 Å². The van der Waals surface area contributed by atoms with Crippen molar-refractivity contribution in [3.63, 3.8) is 0 Å². The topological polar surface area (TPSA) is 38.3 Å². The molecule has 0 bridgehead atoms. The second-order valence-electron chi connectivity index (χ2n) is 4.04. The molecule has 0 aromatic carbocycles. The van der Waals surface area contributed by atoms with Crippen molar-refractivity contribution in [1.29, 1.82) is 0 Å². The van der Waals surface area contributed by atoms with E-state index >= 15 is 0 Å². The van der Waals surface area contributed by atoms with Gasteiger partial charge in [-0.1, -0.05) is 12.1 Å². The molecular formula is C14H17NO2S2. The highest BCUT2D eigenvalue weighted by atomic mass is 32.1. The summed E-state index contributed by atoms with van der Waals surface area (Å²) in [5, 5.41) is 7.42. The first-order valence-electron chi connectivity index (χ1n) is 6.24. The summed E-state index contributed by atoms with van der Waals surface area (Å²) >= 11 is 3.45. The molecule has 0 radical (unpaired) electrons. The zero-order valence-corrected chi connectivity index (χ0v) is 12.4. The van der Waals surface area contributed by atoms with Gasteiger partial charge >= 0.3 is 5.97 Å². The fourth-order valence-corrected chi connectivity index (χ4v) is 3.37. The summed E-state index contributed by atoms with van der Waals surface area (Å²) in [6.45, 7) is 2.50. The minimum atomic E-state index is -0.199. The van der Waals surface area contributed by atoms with E-state index in [1.54, 1.807) is 22.7 Å². The van der Waals surface area contributed by atoms with Crippen LogP contribution >= 0.6 is 22.7 Å². The van der Waals surface area contributed by atoms with Gasteiger partial charge in [-0.2, -0.15) is 0 Å². The second kappa shape index (κ2) is 7.43. The zero-order chi connectivity index (χ0) is 13.5. The van der Waals surface area contributed by atoms with Crippen LogP contribution < -0.4 is 5.32 Å². The van der Waals surface area contributed by atoms with Gasteiger partial charge in [0.15, 0.2) is 0 Å². The molecule has 1 N–H and O–H groups in total. The third-order valence-electron chi connectivity index (χ3n) is 2.67. The van der Waals surface area contributed by atoms with Gasteiger partial charge in [0.25, 0.3) is 0 Å². The fraction of sp³-hybridized carbons (Fsp3) is 0.357. The summed E-state index contributed by atoms with van der Waals surface area (Å²) in [7, 11) is 0. The third kappa shape index (κ3) is 4.45. The van der Waals surface area contributed by atoms with Gasteiger partial charge in [0.2, 0.25) is 0 Å². The number of nitrogens with one attached hydrogen (secondary N) is 1. The summed E-state index contributed by atoms with van der Waals surface area (Å²) in [6, 6.07) is 8.48. The van der Waals surface area contributed by atoms with Crippen molar-refractivity contribution in [1.82, 2.24) is 5.32 Å². The van der Waals surface area contributed by atoms with E-state index in [0.717, 1.165) is 6.42 Å². The lowest BCUT2D eigenvalue weighted by Crippen LogP contribution is -2.29.